The van der Waals surface area contributed by atoms with Crippen LogP contribution in [0, 0.1) is 11.8 Å². The Kier molecular flexibility index (Phi) is 5.20. The summed E-state index contributed by atoms with van der Waals surface area (Å²) in [5, 5.41) is 12.0. The number of rotatable bonds is 6. The summed E-state index contributed by atoms with van der Waals surface area (Å²) in [6.45, 7) is 0.488. The van der Waals surface area contributed by atoms with Crippen LogP contribution in [0.25, 0.3) is 0 Å². The number of hydrogen-bond acceptors (Lipinski definition) is 3. The van der Waals surface area contributed by atoms with Crippen LogP contribution in [0.1, 0.15) is 24.8 Å². The van der Waals surface area contributed by atoms with Crippen LogP contribution >= 0.6 is 0 Å². The number of carboxylic acid groups (broad SMARTS) is 1. The van der Waals surface area contributed by atoms with Crippen molar-refractivity contribution in [1.82, 2.24) is 5.32 Å². The fourth-order valence-corrected chi connectivity index (χ4v) is 2.93. The second-order valence-corrected chi connectivity index (χ2v) is 5.34. The lowest BCUT2D eigenvalue weighted by Gasteiger charge is -2.16. The van der Waals surface area contributed by atoms with Crippen LogP contribution in [0.2, 0.25) is 0 Å². The molecule has 0 aromatic heterocycles. The van der Waals surface area contributed by atoms with Gasteiger partial charge >= 0.3 is 5.97 Å². The van der Waals surface area contributed by atoms with E-state index in [-0.39, 0.29) is 11.8 Å². The molecule has 0 radical (unpaired) electrons. The van der Waals surface area contributed by atoms with Gasteiger partial charge in [0.1, 0.15) is 5.75 Å². The Bertz CT molecular complexity index is 515. The molecule has 0 bridgehead atoms. The van der Waals surface area contributed by atoms with Crippen LogP contribution in [0.4, 0.5) is 0 Å². The van der Waals surface area contributed by atoms with Crippen molar-refractivity contribution in [2.24, 2.45) is 11.8 Å². The normalized spacial score (nSPS) is 21.0. The molecule has 1 aromatic carbocycles. The molecule has 21 heavy (non-hydrogen) atoms. The van der Waals surface area contributed by atoms with Gasteiger partial charge in [0.15, 0.2) is 0 Å². The average Bonchev–Trinajstić information content (AvgIpc) is 2.97. The van der Waals surface area contributed by atoms with E-state index >= 15 is 0 Å². The lowest BCUT2D eigenvalue weighted by Crippen LogP contribution is -2.36. The first kappa shape index (κ1) is 15.4. The van der Waals surface area contributed by atoms with Gasteiger partial charge in [-0.15, -0.1) is 0 Å². The highest BCUT2D eigenvalue weighted by atomic mass is 16.5. The fourth-order valence-electron chi connectivity index (χ4n) is 2.93. The summed E-state index contributed by atoms with van der Waals surface area (Å²) in [7, 11) is 1.62. The van der Waals surface area contributed by atoms with E-state index in [2.05, 4.69) is 5.32 Å². The molecule has 1 saturated carbocycles. The summed E-state index contributed by atoms with van der Waals surface area (Å²) >= 11 is 0. The molecule has 1 aromatic rings. The van der Waals surface area contributed by atoms with Crippen molar-refractivity contribution in [3.8, 4) is 5.75 Å². The van der Waals surface area contributed by atoms with Gasteiger partial charge in [-0.3, -0.25) is 9.59 Å². The SMILES string of the molecule is COc1ccccc1CCNC(=O)[C@@H]1CCC[C@@H]1C(=O)O. The third-order valence-corrected chi connectivity index (χ3v) is 4.06. The molecule has 0 aliphatic heterocycles. The van der Waals surface area contributed by atoms with Crippen LogP contribution in [0.15, 0.2) is 24.3 Å². The predicted molar refractivity (Wildman–Crippen MR) is 78.2 cm³/mol. The van der Waals surface area contributed by atoms with Crippen molar-refractivity contribution >= 4 is 11.9 Å². The maximum absolute atomic E-state index is 12.1. The largest absolute Gasteiger partial charge is 0.496 e. The molecule has 5 nitrogen and oxygen atoms in total. The highest BCUT2D eigenvalue weighted by Crippen LogP contribution is 2.32. The number of aliphatic carboxylic acids is 1. The van der Waals surface area contributed by atoms with Crippen molar-refractivity contribution in [2.45, 2.75) is 25.7 Å². The second kappa shape index (κ2) is 7.11. The summed E-state index contributed by atoms with van der Waals surface area (Å²) in [4.78, 5) is 23.2. The topological polar surface area (TPSA) is 75.6 Å². The Hall–Kier alpha value is -2.04. The number of methoxy groups -OCH3 is 1. The number of carbonyl (C=O) groups excluding carboxylic acids is 1. The van der Waals surface area contributed by atoms with Crippen molar-refractivity contribution in [2.75, 3.05) is 13.7 Å². The zero-order valence-corrected chi connectivity index (χ0v) is 12.2. The van der Waals surface area contributed by atoms with Gasteiger partial charge in [0.05, 0.1) is 18.9 Å². The van der Waals surface area contributed by atoms with Crippen LogP contribution in [0.5, 0.6) is 5.75 Å². The molecule has 2 N–H and O–H groups in total. The molecular formula is C16H21NO4. The molecule has 1 aliphatic rings. The Morgan fingerprint density at radius 1 is 1.29 bits per heavy atom. The van der Waals surface area contributed by atoms with E-state index in [4.69, 9.17) is 9.84 Å². The zero-order chi connectivity index (χ0) is 15.2. The van der Waals surface area contributed by atoms with Gasteiger partial charge in [-0.05, 0) is 30.9 Å². The van der Waals surface area contributed by atoms with Gasteiger partial charge in [0, 0.05) is 6.54 Å². The summed E-state index contributed by atoms with van der Waals surface area (Å²) in [6, 6.07) is 7.67. The van der Waals surface area contributed by atoms with Crippen molar-refractivity contribution in [3.05, 3.63) is 29.8 Å². The first-order valence-corrected chi connectivity index (χ1v) is 7.26. The number of nitrogens with one attached hydrogen (secondary N) is 1. The van der Waals surface area contributed by atoms with Crippen molar-refractivity contribution < 1.29 is 19.4 Å². The van der Waals surface area contributed by atoms with E-state index in [1.807, 2.05) is 24.3 Å². The minimum absolute atomic E-state index is 0.144. The van der Waals surface area contributed by atoms with Gasteiger partial charge in [0.25, 0.3) is 0 Å². The van der Waals surface area contributed by atoms with E-state index in [0.29, 0.717) is 25.8 Å². The lowest BCUT2D eigenvalue weighted by molar-refractivity contribution is -0.146. The molecule has 2 atom stereocenters. The maximum Gasteiger partial charge on any atom is 0.307 e. The molecule has 2 rings (SSSR count). The third kappa shape index (κ3) is 3.74. The molecule has 114 valence electrons. The minimum Gasteiger partial charge on any atom is -0.496 e. The molecule has 0 spiro atoms. The number of para-hydroxylation sites is 1. The lowest BCUT2D eigenvalue weighted by atomic mass is 9.95. The van der Waals surface area contributed by atoms with E-state index in [0.717, 1.165) is 17.7 Å². The Labute approximate surface area is 124 Å². The maximum atomic E-state index is 12.1. The Balaban J connectivity index is 1.85. The summed E-state index contributed by atoms with van der Waals surface area (Å²) in [5.74, 6) is -1.13. The highest BCUT2D eigenvalue weighted by molar-refractivity contribution is 5.85. The van der Waals surface area contributed by atoms with Crippen LogP contribution in [0.3, 0.4) is 0 Å². The second-order valence-electron chi connectivity index (χ2n) is 5.34. The Morgan fingerprint density at radius 3 is 2.71 bits per heavy atom. The van der Waals surface area contributed by atoms with Crippen LogP contribution < -0.4 is 10.1 Å². The average molecular weight is 291 g/mol. The Morgan fingerprint density at radius 2 is 2.00 bits per heavy atom. The number of carboxylic acids is 1. The molecule has 0 unspecified atom stereocenters. The highest BCUT2D eigenvalue weighted by Gasteiger charge is 2.37. The number of carbonyl (C=O) groups is 2. The number of hydrogen-bond donors (Lipinski definition) is 2. The number of benzene rings is 1. The third-order valence-electron chi connectivity index (χ3n) is 4.06. The summed E-state index contributed by atoms with van der Waals surface area (Å²) < 4.78 is 5.26. The summed E-state index contributed by atoms with van der Waals surface area (Å²) in [6.07, 6.45) is 2.74. The first-order chi connectivity index (χ1) is 10.1. The van der Waals surface area contributed by atoms with Crippen molar-refractivity contribution in [3.63, 3.8) is 0 Å². The molecule has 1 fully saturated rings. The number of ether oxygens (including phenoxy) is 1. The molecular weight excluding hydrogens is 270 g/mol. The van der Waals surface area contributed by atoms with Gasteiger partial charge in [0.2, 0.25) is 5.91 Å². The van der Waals surface area contributed by atoms with E-state index in [9.17, 15) is 9.59 Å². The molecule has 0 heterocycles. The van der Waals surface area contributed by atoms with Crippen LogP contribution in [-0.4, -0.2) is 30.6 Å². The van der Waals surface area contributed by atoms with Crippen molar-refractivity contribution in [1.29, 1.82) is 0 Å². The van der Waals surface area contributed by atoms with Gasteiger partial charge in [-0.25, -0.2) is 0 Å². The van der Waals surface area contributed by atoms with Gasteiger partial charge in [-0.2, -0.15) is 0 Å². The van der Waals surface area contributed by atoms with Crippen LogP contribution in [-0.2, 0) is 16.0 Å². The van der Waals surface area contributed by atoms with Gasteiger partial charge in [-0.1, -0.05) is 24.6 Å². The predicted octanol–water partition coefficient (Wildman–Crippen LogP) is 1.85. The van der Waals surface area contributed by atoms with Gasteiger partial charge < -0.3 is 15.2 Å². The monoisotopic (exact) mass is 291 g/mol. The first-order valence-electron chi connectivity index (χ1n) is 7.26. The molecule has 1 amide bonds. The molecule has 1 aliphatic carbocycles. The van der Waals surface area contributed by atoms with E-state index in [1.165, 1.54) is 0 Å². The van der Waals surface area contributed by atoms with E-state index in [1.54, 1.807) is 7.11 Å². The quantitative estimate of drug-likeness (QED) is 0.838. The molecule has 5 heteroatoms. The summed E-state index contributed by atoms with van der Waals surface area (Å²) in [5.41, 5.74) is 1.03. The minimum atomic E-state index is -0.864. The smallest absolute Gasteiger partial charge is 0.307 e. The standard InChI is InChI=1S/C16H21NO4/c1-21-14-8-3-2-5-11(14)9-10-17-15(18)12-6-4-7-13(12)16(19)20/h2-3,5,8,12-13H,4,6-7,9-10H2,1H3,(H,17,18)(H,19,20)/t12-,13+/m1/s1. The fraction of sp³-hybridized carbons (Fsp3) is 0.500. The molecule has 0 saturated heterocycles. The van der Waals surface area contributed by atoms with E-state index < -0.39 is 11.9 Å². The zero-order valence-electron chi connectivity index (χ0n) is 12.2. The number of amides is 1.